The Balaban J connectivity index is 2.04. The molecule has 1 aromatic rings. The molecule has 0 saturated carbocycles. The summed E-state index contributed by atoms with van der Waals surface area (Å²) in [6, 6.07) is 3.39. The number of likely N-dealkylation sites (N-methyl/N-ethyl adjacent to an activating group) is 1. The summed E-state index contributed by atoms with van der Waals surface area (Å²) in [5.74, 6) is 0. The highest BCUT2D eigenvalue weighted by Crippen LogP contribution is 2.16. The first-order valence-electron chi connectivity index (χ1n) is 6.41. The van der Waals surface area contributed by atoms with Crippen LogP contribution in [0.1, 0.15) is 19.3 Å². The highest BCUT2D eigenvalue weighted by atomic mass is 32.2. The number of sulfonamides is 1. The maximum atomic E-state index is 12.1. The first kappa shape index (κ1) is 14.2. The first-order valence-corrected chi connectivity index (χ1v) is 7.89. The van der Waals surface area contributed by atoms with Crippen molar-refractivity contribution in [3.63, 3.8) is 0 Å². The Bertz CT molecular complexity index is 532. The van der Waals surface area contributed by atoms with Gasteiger partial charge in [-0.25, -0.2) is 18.1 Å². The lowest BCUT2D eigenvalue weighted by molar-refractivity contribution is 0.187. The average molecular weight is 284 g/mol. The van der Waals surface area contributed by atoms with Crippen molar-refractivity contribution in [2.45, 2.75) is 30.3 Å². The minimum atomic E-state index is -3.63. The van der Waals surface area contributed by atoms with Gasteiger partial charge in [-0.2, -0.15) is 0 Å². The third-order valence-corrected chi connectivity index (χ3v) is 4.88. The Labute approximate surface area is 114 Å². The lowest BCUT2D eigenvalue weighted by Crippen LogP contribution is -2.44. The molecule has 0 aromatic carbocycles. The highest BCUT2D eigenvalue weighted by Gasteiger charge is 2.23. The van der Waals surface area contributed by atoms with Crippen LogP contribution >= 0.6 is 0 Å². The minimum Gasteiger partial charge on any atom is -0.396 e. The number of aromatic nitrogens is 1. The molecule has 6 nitrogen and oxygen atoms in total. The highest BCUT2D eigenvalue weighted by molar-refractivity contribution is 7.89. The van der Waals surface area contributed by atoms with Gasteiger partial charge in [-0.15, -0.1) is 0 Å². The molecule has 0 aliphatic carbocycles. The van der Waals surface area contributed by atoms with Gasteiger partial charge in [-0.3, -0.25) is 0 Å². The molecule has 1 aliphatic rings. The number of nitrogens with two attached hydrogens (primary N) is 1. The number of nitrogens with one attached hydrogen (secondary N) is 1. The SMILES string of the molecule is CN1CCCCC1CNS(=O)(=O)c1ncccc1N. The predicted octanol–water partition coefficient (Wildman–Crippen LogP) is 0.426. The summed E-state index contributed by atoms with van der Waals surface area (Å²) in [5.41, 5.74) is 5.82. The molecule has 0 spiro atoms. The maximum absolute atomic E-state index is 12.1. The second-order valence-electron chi connectivity index (χ2n) is 4.88. The molecular weight excluding hydrogens is 264 g/mol. The van der Waals surface area contributed by atoms with Gasteiger partial charge in [0.25, 0.3) is 10.0 Å². The second kappa shape index (κ2) is 5.85. The molecule has 1 fully saturated rings. The first-order chi connectivity index (χ1) is 9.00. The van der Waals surface area contributed by atoms with Crippen molar-refractivity contribution in [1.29, 1.82) is 0 Å². The lowest BCUT2D eigenvalue weighted by Gasteiger charge is -2.32. The van der Waals surface area contributed by atoms with Crippen molar-refractivity contribution in [2.24, 2.45) is 0 Å². The molecule has 2 heterocycles. The van der Waals surface area contributed by atoms with Crippen LogP contribution in [0.4, 0.5) is 5.69 Å². The Morgan fingerprint density at radius 2 is 2.32 bits per heavy atom. The van der Waals surface area contributed by atoms with Crippen LogP contribution in [0.5, 0.6) is 0 Å². The quantitative estimate of drug-likeness (QED) is 0.837. The van der Waals surface area contributed by atoms with E-state index in [0.29, 0.717) is 6.54 Å². The van der Waals surface area contributed by atoms with E-state index in [4.69, 9.17) is 5.73 Å². The van der Waals surface area contributed by atoms with Gasteiger partial charge in [0.15, 0.2) is 5.03 Å². The molecule has 7 heteroatoms. The van der Waals surface area contributed by atoms with Crippen LogP contribution < -0.4 is 10.5 Å². The van der Waals surface area contributed by atoms with Gasteiger partial charge in [-0.1, -0.05) is 6.42 Å². The summed E-state index contributed by atoms with van der Waals surface area (Å²) in [6.07, 6.45) is 4.75. The number of piperidine rings is 1. The number of nitrogens with zero attached hydrogens (tertiary/aromatic N) is 2. The van der Waals surface area contributed by atoms with E-state index >= 15 is 0 Å². The third-order valence-electron chi connectivity index (χ3n) is 3.49. The van der Waals surface area contributed by atoms with Gasteiger partial charge < -0.3 is 10.6 Å². The summed E-state index contributed by atoms with van der Waals surface area (Å²) in [7, 11) is -1.61. The topological polar surface area (TPSA) is 88.3 Å². The summed E-state index contributed by atoms with van der Waals surface area (Å²) < 4.78 is 26.9. The fourth-order valence-electron chi connectivity index (χ4n) is 2.30. The lowest BCUT2D eigenvalue weighted by atomic mass is 10.0. The normalized spacial score (nSPS) is 21.4. The standard InChI is InChI=1S/C12H20N4O2S/c1-16-8-3-2-5-10(16)9-15-19(17,18)12-11(13)6-4-7-14-12/h4,6-7,10,15H,2-3,5,8-9,13H2,1H3. The van der Waals surface area contributed by atoms with Gasteiger partial charge in [0.1, 0.15) is 0 Å². The molecule has 1 atom stereocenters. The van der Waals surface area contributed by atoms with E-state index in [2.05, 4.69) is 14.6 Å². The monoisotopic (exact) mass is 284 g/mol. The van der Waals surface area contributed by atoms with Crippen LogP contribution in [0.3, 0.4) is 0 Å². The number of rotatable bonds is 4. The average Bonchev–Trinajstić information content (AvgIpc) is 2.38. The summed E-state index contributed by atoms with van der Waals surface area (Å²) in [4.78, 5) is 6.03. The van der Waals surface area contributed by atoms with Gasteiger partial charge in [0.05, 0.1) is 5.69 Å². The Morgan fingerprint density at radius 3 is 3.00 bits per heavy atom. The fraction of sp³-hybridized carbons (Fsp3) is 0.583. The predicted molar refractivity (Wildman–Crippen MR) is 74.1 cm³/mol. The van der Waals surface area contributed by atoms with Crippen molar-refractivity contribution in [1.82, 2.24) is 14.6 Å². The van der Waals surface area contributed by atoms with E-state index in [1.807, 2.05) is 7.05 Å². The number of hydrogen-bond donors (Lipinski definition) is 2. The zero-order valence-corrected chi connectivity index (χ0v) is 11.9. The molecule has 1 aliphatic heterocycles. The zero-order chi connectivity index (χ0) is 13.9. The van der Waals surface area contributed by atoms with Gasteiger partial charge >= 0.3 is 0 Å². The smallest absolute Gasteiger partial charge is 0.260 e. The van der Waals surface area contributed by atoms with Crippen molar-refractivity contribution >= 4 is 15.7 Å². The van der Waals surface area contributed by atoms with Crippen LogP contribution in [0, 0.1) is 0 Å². The van der Waals surface area contributed by atoms with E-state index in [0.717, 1.165) is 19.4 Å². The summed E-state index contributed by atoms with van der Waals surface area (Å²) >= 11 is 0. The minimum absolute atomic E-state index is 0.0894. The molecule has 1 unspecified atom stereocenters. The second-order valence-corrected chi connectivity index (χ2v) is 6.56. The van der Waals surface area contributed by atoms with Crippen molar-refractivity contribution in [3.05, 3.63) is 18.3 Å². The molecule has 19 heavy (non-hydrogen) atoms. The van der Waals surface area contributed by atoms with E-state index in [-0.39, 0.29) is 16.8 Å². The van der Waals surface area contributed by atoms with Crippen LogP contribution in [0.2, 0.25) is 0 Å². The van der Waals surface area contributed by atoms with Crippen molar-refractivity contribution in [2.75, 3.05) is 25.9 Å². The molecule has 0 amide bonds. The van der Waals surface area contributed by atoms with Crippen LogP contribution in [0.25, 0.3) is 0 Å². The van der Waals surface area contributed by atoms with Gasteiger partial charge in [-0.05, 0) is 38.6 Å². The molecule has 1 aromatic heterocycles. The number of likely N-dealkylation sites (tertiary alicyclic amines) is 1. The summed E-state index contributed by atoms with van der Waals surface area (Å²) in [5, 5.41) is -0.0894. The molecule has 1 saturated heterocycles. The van der Waals surface area contributed by atoms with Crippen LogP contribution in [-0.2, 0) is 10.0 Å². The van der Waals surface area contributed by atoms with Crippen molar-refractivity contribution in [3.8, 4) is 0 Å². The van der Waals surface area contributed by atoms with E-state index in [1.165, 1.54) is 18.7 Å². The number of nitrogen functional groups attached to an aromatic ring is 1. The Kier molecular flexibility index (Phi) is 4.38. The van der Waals surface area contributed by atoms with Crippen LogP contribution in [-0.4, -0.2) is 44.5 Å². The molecule has 106 valence electrons. The Hall–Kier alpha value is -1.18. The van der Waals surface area contributed by atoms with E-state index < -0.39 is 10.0 Å². The number of hydrogen-bond acceptors (Lipinski definition) is 5. The third kappa shape index (κ3) is 3.43. The molecule has 0 bridgehead atoms. The van der Waals surface area contributed by atoms with E-state index in [1.54, 1.807) is 6.07 Å². The van der Waals surface area contributed by atoms with Gasteiger partial charge in [0.2, 0.25) is 0 Å². The molecule has 2 rings (SSSR count). The maximum Gasteiger partial charge on any atom is 0.260 e. The number of pyridine rings is 1. The zero-order valence-electron chi connectivity index (χ0n) is 11.0. The number of anilines is 1. The molecule has 0 radical (unpaired) electrons. The summed E-state index contributed by atoms with van der Waals surface area (Å²) in [6.45, 7) is 1.41. The van der Waals surface area contributed by atoms with Crippen molar-refractivity contribution < 1.29 is 8.42 Å². The van der Waals surface area contributed by atoms with Crippen LogP contribution in [0.15, 0.2) is 23.4 Å². The van der Waals surface area contributed by atoms with E-state index in [9.17, 15) is 8.42 Å². The molecule has 3 N–H and O–H groups in total. The fourth-order valence-corrected chi connectivity index (χ4v) is 3.43. The largest absolute Gasteiger partial charge is 0.396 e. The Morgan fingerprint density at radius 1 is 1.53 bits per heavy atom. The molecular formula is C12H20N4O2S. The van der Waals surface area contributed by atoms with Gasteiger partial charge in [0, 0.05) is 18.8 Å².